The van der Waals surface area contributed by atoms with Gasteiger partial charge in [-0.25, -0.2) is 4.39 Å². The standard InChI is InChI=1S/C18H15FN2O3S/c1-24-15-7-5-14(6-8-15)20-11-21-17(22)16(25-18(21)23)10-12-3-2-4-13(19)9-12/h2-10,20H,11H2,1H3/b16-10-. The Morgan fingerprint density at radius 1 is 1.20 bits per heavy atom. The molecule has 0 saturated carbocycles. The Morgan fingerprint density at radius 3 is 2.64 bits per heavy atom. The van der Waals surface area contributed by atoms with Crippen molar-refractivity contribution in [3.63, 3.8) is 0 Å². The second-order valence-electron chi connectivity index (χ2n) is 5.23. The lowest BCUT2D eigenvalue weighted by atomic mass is 10.2. The van der Waals surface area contributed by atoms with Gasteiger partial charge in [0.05, 0.1) is 18.7 Å². The highest BCUT2D eigenvalue weighted by atomic mass is 32.2. The number of rotatable bonds is 5. The Hall–Kier alpha value is -2.80. The van der Waals surface area contributed by atoms with Gasteiger partial charge in [0.25, 0.3) is 11.1 Å². The zero-order valence-electron chi connectivity index (χ0n) is 13.4. The summed E-state index contributed by atoms with van der Waals surface area (Å²) >= 11 is 0.840. The SMILES string of the molecule is COc1ccc(NCN2C(=O)S/C(=C\c3cccc(F)c3)C2=O)cc1. The van der Waals surface area contributed by atoms with Crippen LogP contribution in [0.3, 0.4) is 0 Å². The first-order valence-corrected chi connectivity index (χ1v) is 8.27. The van der Waals surface area contributed by atoms with E-state index < -0.39 is 11.7 Å². The van der Waals surface area contributed by atoms with Crippen LogP contribution in [-0.4, -0.2) is 29.8 Å². The number of benzene rings is 2. The Labute approximate surface area is 148 Å². The number of methoxy groups -OCH3 is 1. The number of halogens is 1. The van der Waals surface area contributed by atoms with E-state index in [9.17, 15) is 14.0 Å². The van der Waals surface area contributed by atoms with Crippen LogP contribution in [0.15, 0.2) is 53.4 Å². The predicted molar refractivity (Wildman–Crippen MR) is 95.7 cm³/mol. The van der Waals surface area contributed by atoms with Gasteiger partial charge >= 0.3 is 0 Å². The van der Waals surface area contributed by atoms with Gasteiger partial charge < -0.3 is 10.1 Å². The minimum absolute atomic E-state index is 0.0531. The van der Waals surface area contributed by atoms with Crippen molar-refractivity contribution >= 4 is 34.7 Å². The molecule has 2 aromatic carbocycles. The fourth-order valence-electron chi connectivity index (χ4n) is 2.26. The number of carbonyl (C=O) groups excluding carboxylic acids is 2. The molecule has 2 aromatic rings. The molecule has 0 aromatic heterocycles. The van der Waals surface area contributed by atoms with E-state index in [1.54, 1.807) is 43.5 Å². The number of imide groups is 1. The Kier molecular flexibility index (Phi) is 5.04. The second kappa shape index (κ2) is 7.40. The highest BCUT2D eigenvalue weighted by molar-refractivity contribution is 8.18. The van der Waals surface area contributed by atoms with Crippen LogP contribution in [0.5, 0.6) is 5.75 Å². The van der Waals surface area contributed by atoms with Crippen molar-refractivity contribution < 1.29 is 18.7 Å². The van der Waals surface area contributed by atoms with Crippen LogP contribution in [0.25, 0.3) is 6.08 Å². The van der Waals surface area contributed by atoms with Crippen molar-refractivity contribution in [3.8, 4) is 5.75 Å². The Bertz CT molecular complexity index is 836. The lowest BCUT2D eigenvalue weighted by Gasteiger charge is -2.14. The lowest BCUT2D eigenvalue weighted by Crippen LogP contribution is -2.33. The molecule has 3 rings (SSSR count). The van der Waals surface area contributed by atoms with Crippen molar-refractivity contribution in [3.05, 3.63) is 64.8 Å². The number of carbonyl (C=O) groups is 2. The molecule has 0 spiro atoms. The number of anilines is 1. The minimum Gasteiger partial charge on any atom is -0.497 e. The summed E-state index contributed by atoms with van der Waals surface area (Å²) in [5.41, 5.74) is 1.29. The third kappa shape index (κ3) is 4.00. The number of hydrogen-bond donors (Lipinski definition) is 1. The second-order valence-corrected chi connectivity index (χ2v) is 6.22. The van der Waals surface area contributed by atoms with Gasteiger partial charge in [-0.2, -0.15) is 0 Å². The molecule has 1 aliphatic heterocycles. The van der Waals surface area contributed by atoms with E-state index in [1.807, 2.05) is 0 Å². The van der Waals surface area contributed by atoms with E-state index >= 15 is 0 Å². The van der Waals surface area contributed by atoms with E-state index in [2.05, 4.69) is 5.32 Å². The number of amides is 2. The van der Waals surface area contributed by atoms with Gasteiger partial charge in [-0.3, -0.25) is 14.5 Å². The molecule has 1 aliphatic rings. The first kappa shape index (κ1) is 17.0. The first-order valence-electron chi connectivity index (χ1n) is 7.45. The van der Waals surface area contributed by atoms with E-state index in [-0.39, 0.29) is 16.8 Å². The van der Waals surface area contributed by atoms with E-state index in [0.29, 0.717) is 5.56 Å². The Balaban J connectivity index is 1.68. The summed E-state index contributed by atoms with van der Waals surface area (Å²) in [5, 5.41) is 2.65. The topological polar surface area (TPSA) is 58.6 Å². The first-order chi connectivity index (χ1) is 12.1. The molecular formula is C18H15FN2O3S. The molecule has 1 fully saturated rings. The molecule has 1 N–H and O–H groups in total. The van der Waals surface area contributed by atoms with Crippen molar-refractivity contribution in [2.75, 3.05) is 19.1 Å². The highest BCUT2D eigenvalue weighted by Crippen LogP contribution is 2.32. The van der Waals surface area contributed by atoms with Gasteiger partial charge in [0.2, 0.25) is 0 Å². The van der Waals surface area contributed by atoms with Crippen LogP contribution in [0.1, 0.15) is 5.56 Å². The molecule has 1 heterocycles. The van der Waals surface area contributed by atoms with Crippen molar-refractivity contribution in [1.82, 2.24) is 4.90 Å². The molecule has 25 heavy (non-hydrogen) atoms. The number of nitrogens with one attached hydrogen (secondary N) is 1. The number of ether oxygens (including phenoxy) is 1. The molecule has 5 nitrogen and oxygen atoms in total. The Morgan fingerprint density at radius 2 is 1.96 bits per heavy atom. The van der Waals surface area contributed by atoms with Gasteiger partial charge in [0, 0.05) is 5.69 Å². The molecule has 128 valence electrons. The summed E-state index contributed by atoms with van der Waals surface area (Å²) < 4.78 is 18.3. The summed E-state index contributed by atoms with van der Waals surface area (Å²) in [5.74, 6) is -0.0795. The van der Waals surface area contributed by atoms with Crippen molar-refractivity contribution in [2.24, 2.45) is 0 Å². The largest absolute Gasteiger partial charge is 0.497 e. The van der Waals surface area contributed by atoms with Crippen LogP contribution in [0, 0.1) is 5.82 Å². The van der Waals surface area contributed by atoms with Gasteiger partial charge in [0.15, 0.2) is 0 Å². The summed E-state index contributed by atoms with van der Waals surface area (Å²) in [4.78, 5) is 25.8. The van der Waals surface area contributed by atoms with Crippen LogP contribution in [0.2, 0.25) is 0 Å². The minimum atomic E-state index is -0.403. The van der Waals surface area contributed by atoms with Crippen molar-refractivity contribution in [2.45, 2.75) is 0 Å². The number of thioether (sulfide) groups is 1. The van der Waals surface area contributed by atoms with E-state index in [4.69, 9.17) is 4.74 Å². The maximum atomic E-state index is 13.2. The zero-order valence-corrected chi connectivity index (χ0v) is 14.2. The fraction of sp³-hybridized carbons (Fsp3) is 0.111. The number of hydrogen-bond acceptors (Lipinski definition) is 5. The monoisotopic (exact) mass is 358 g/mol. The highest BCUT2D eigenvalue weighted by Gasteiger charge is 2.34. The van der Waals surface area contributed by atoms with E-state index in [0.717, 1.165) is 28.1 Å². The summed E-state index contributed by atoms with van der Waals surface area (Å²) in [7, 11) is 1.58. The summed E-state index contributed by atoms with van der Waals surface area (Å²) in [6, 6.07) is 13.0. The third-order valence-electron chi connectivity index (χ3n) is 3.55. The van der Waals surface area contributed by atoms with E-state index in [1.165, 1.54) is 18.2 Å². The smallest absolute Gasteiger partial charge is 0.295 e. The quantitative estimate of drug-likeness (QED) is 0.821. The van der Waals surface area contributed by atoms with Crippen LogP contribution in [0.4, 0.5) is 14.9 Å². The molecule has 0 aliphatic carbocycles. The molecule has 0 unspecified atom stereocenters. The average molecular weight is 358 g/mol. The fourth-order valence-corrected chi connectivity index (χ4v) is 3.10. The maximum absolute atomic E-state index is 13.2. The van der Waals surface area contributed by atoms with Gasteiger partial charge in [-0.1, -0.05) is 12.1 Å². The number of nitrogens with zero attached hydrogens (tertiary/aromatic N) is 1. The van der Waals surface area contributed by atoms with Gasteiger partial charge in [-0.15, -0.1) is 0 Å². The summed E-state index contributed by atoms with van der Waals surface area (Å²) in [6.45, 7) is 0.0531. The average Bonchev–Trinajstić information content (AvgIpc) is 2.87. The molecule has 1 saturated heterocycles. The predicted octanol–water partition coefficient (Wildman–Crippen LogP) is 3.94. The van der Waals surface area contributed by atoms with Crippen LogP contribution >= 0.6 is 11.8 Å². The molecule has 0 radical (unpaired) electrons. The van der Waals surface area contributed by atoms with Gasteiger partial charge in [-0.05, 0) is 59.8 Å². The zero-order chi connectivity index (χ0) is 17.8. The molecule has 0 atom stereocenters. The molecule has 2 amide bonds. The normalized spacial score (nSPS) is 15.8. The van der Waals surface area contributed by atoms with Crippen LogP contribution in [-0.2, 0) is 4.79 Å². The maximum Gasteiger partial charge on any atom is 0.295 e. The molecular weight excluding hydrogens is 343 g/mol. The molecule has 7 heteroatoms. The van der Waals surface area contributed by atoms with Crippen LogP contribution < -0.4 is 10.1 Å². The summed E-state index contributed by atoms with van der Waals surface area (Å²) in [6.07, 6.45) is 1.52. The third-order valence-corrected chi connectivity index (χ3v) is 4.46. The van der Waals surface area contributed by atoms with Gasteiger partial charge in [0.1, 0.15) is 11.6 Å². The lowest BCUT2D eigenvalue weighted by molar-refractivity contribution is -0.122. The van der Waals surface area contributed by atoms with Crippen molar-refractivity contribution in [1.29, 1.82) is 0 Å². The molecule has 0 bridgehead atoms.